The van der Waals surface area contributed by atoms with Crippen LogP contribution in [0.3, 0.4) is 0 Å². The lowest BCUT2D eigenvalue weighted by Gasteiger charge is -2.07. The Morgan fingerprint density at radius 2 is 1.60 bits per heavy atom. The van der Waals surface area contributed by atoms with Gasteiger partial charge >= 0.3 is 5.88 Å². The molecule has 0 bridgehead atoms. The lowest BCUT2D eigenvalue weighted by molar-refractivity contribution is -0.667. The van der Waals surface area contributed by atoms with Crippen molar-refractivity contribution in [3.63, 3.8) is 0 Å². The van der Waals surface area contributed by atoms with Crippen LogP contribution >= 0.6 is 11.6 Å². The largest absolute Gasteiger partial charge is 0.428 e. The van der Waals surface area contributed by atoms with Gasteiger partial charge in [0, 0.05) is 17.0 Å². The molecule has 2 aromatic carbocycles. The van der Waals surface area contributed by atoms with Gasteiger partial charge in [0.05, 0.1) is 6.07 Å². The third-order valence-electron chi connectivity index (χ3n) is 3.28. The highest BCUT2D eigenvalue weighted by Crippen LogP contribution is 2.16. The van der Waals surface area contributed by atoms with Gasteiger partial charge in [0.2, 0.25) is 5.52 Å². The van der Waals surface area contributed by atoms with E-state index in [9.17, 15) is 0 Å². The van der Waals surface area contributed by atoms with Gasteiger partial charge in [-0.3, -0.25) is 0 Å². The number of nitrogens with zero attached hydrogens (tertiary/aromatic N) is 1. The van der Waals surface area contributed by atoms with Crippen LogP contribution in [-0.2, 0) is 6.54 Å². The van der Waals surface area contributed by atoms with Crippen molar-refractivity contribution in [2.24, 2.45) is 0 Å². The van der Waals surface area contributed by atoms with Gasteiger partial charge in [0.25, 0.3) is 0 Å². The van der Waals surface area contributed by atoms with Crippen LogP contribution in [0.1, 0.15) is 5.56 Å². The molecule has 1 heterocycles. The Morgan fingerprint density at radius 3 is 2.40 bits per heavy atom. The van der Waals surface area contributed by atoms with Crippen LogP contribution in [0.5, 0.6) is 5.88 Å². The zero-order valence-corrected chi connectivity index (χ0v) is 11.8. The second kappa shape index (κ2) is 5.93. The summed E-state index contributed by atoms with van der Waals surface area (Å²) in [4.78, 5) is 0. The molecule has 100 valence electrons. The van der Waals surface area contributed by atoms with E-state index in [0.29, 0.717) is 0 Å². The number of hydrogen-bond acceptors (Lipinski definition) is 1. The van der Waals surface area contributed by atoms with Gasteiger partial charge in [-0.1, -0.05) is 54.1 Å². The number of rotatable bonds is 4. The summed E-state index contributed by atoms with van der Waals surface area (Å²) in [6.45, 7) is 0.758. The Bertz CT molecular complexity index is 713. The second-order valence-corrected chi connectivity index (χ2v) is 4.77. The topological polar surface area (TPSA) is 13.1 Å². The summed E-state index contributed by atoms with van der Waals surface area (Å²) in [6.07, 6.45) is 0. The van der Waals surface area contributed by atoms with Crippen molar-refractivity contribution >= 4 is 22.5 Å². The standard InChI is InChI=1S/C17H15ClNO/c18-13-20-17-11-10-15-8-4-5-9-16(15)19(17)12-14-6-2-1-3-7-14/h1-11H,12-13H2/q+1. The molecule has 0 saturated heterocycles. The van der Waals surface area contributed by atoms with Gasteiger partial charge in [-0.25, -0.2) is 0 Å². The van der Waals surface area contributed by atoms with E-state index >= 15 is 0 Å². The average Bonchev–Trinajstić information content (AvgIpc) is 2.51. The predicted octanol–water partition coefficient (Wildman–Crippen LogP) is 3.75. The van der Waals surface area contributed by atoms with E-state index in [-0.39, 0.29) is 6.07 Å². The van der Waals surface area contributed by atoms with E-state index in [4.69, 9.17) is 16.3 Å². The second-order valence-electron chi connectivity index (χ2n) is 4.56. The maximum absolute atomic E-state index is 5.73. The van der Waals surface area contributed by atoms with Gasteiger partial charge < -0.3 is 4.74 Å². The highest BCUT2D eigenvalue weighted by molar-refractivity contribution is 6.17. The maximum Gasteiger partial charge on any atom is 0.369 e. The molecule has 0 aliphatic carbocycles. The summed E-state index contributed by atoms with van der Waals surface area (Å²) < 4.78 is 7.69. The van der Waals surface area contributed by atoms with Crippen molar-refractivity contribution in [2.45, 2.75) is 6.54 Å². The monoisotopic (exact) mass is 284 g/mol. The molecule has 20 heavy (non-hydrogen) atoms. The normalized spacial score (nSPS) is 10.7. The SMILES string of the molecule is ClCOc1ccc2ccccc2[n+]1Cc1ccccc1. The minimum absolute atomic E-state index is 0.146. The van der Waals surface area contributed by atoms with E-state index in [2.05, 4.69) is 34.9 Å². The molecule has 0 fully saturated rings. The fraction of sp³-hybridized carbons (Fsp3) is 0.118. The molecule has 3 aromatic rings. The van der Waals surface area contributed by atoms with E-state index in [1.54, 1.807) is 0 Å². The maximum atomic E-state index is 5.73. The highest BCUT2D eigenvalue weighted by Gasteiger charge is 2.17. The first kappa shape index (κ1) is 12.9. The Balaban J connectivity index is 2.12. The van der Waals surface area contributed by atoms with Crippen LogP contribution in [-0.4, -0.2) is 6.07 Å². The van der Waals surface area contributed by atoms with E-state index in [0.717, 1.165) is 17.9 Å². The van der Waals surface area contributed by atoms with Crippen molar-refractivity contribution in [1.29, 1.82) is 0 Å². The van der Waals surface area contributed by atoms with E-state index < -0.39 is 0 Å². The molecular weight excluding hydrogens is 270 g/mol. The number of fused-ring (bicyclic) bond motifs is 1. The zero-order chi connectivity index (χ0) is 13.8. The minimum Gasteiger partial charge on any atom is -0.428 e. The van der Waals surface area contributed by atoms with Crippen molar-refractivity contribution < 1.29 is 9.30 Å². The van der Waals surface area contributed by atoms with E-state index in [1.165, 1.54) is 10.9 Å². The third-order valence-corrected chi connectivity index (χ3v) is 3.39. The molecule has 0 radical (unpaired) electrons. The Hall–Kier alpha value is -2.06. The Morgan fingerprint density at radius 1 is 0.850 bits per heavy atom. The van der Waals surface area contributed by atoms with Gasteiger partial charge in [-0.05, 0) is 12.1 Å². The molecule has 0 N–H and O–H groups in total. The lowest BCUT2D eigenvalue weighted by atomic mass is 10.2. The highest BCUT2D eigenvalue weighted by atomic mass is 35.5. The average molecular weight is 285 g/mol. The number of ether oxygens (including phenoxy) is 1. The molecule has 0 spiro atoms. The lowest BCUT2D eigenvalue weighted by Crippen LogP contribution is -2.37. The van der Waals surface area contributed by atoms with Crippen LogP contribution < -0.4 is 9.30 Å². The molecule has 3 rings (SSSR count). The molecule has 3 heteroatoms. The van der Waals surface area contributed by atoms with Crippen LogP contribution in [0.25, 0.3) is 10.9 Å². The summed E-state index contributed by atoms with van der Waals surface area (Å²) in [7, 11) is 0. The number of halogens is 1. The van der Waals surface area contributed by atoms with Crippen LogP contribution in [0.4, 0.5) is 0 Å². The number of aromatic nitrogens is 1. The molecule has 0 aliphatic heterocycles. The number of hydrogen-bond donors (Lipinski definition) is 0. The number of para-hydroxylation sites is 1. The molecule has 0 unspecified atom stereocenters. The first-order valence-corrected chi connectivity index (χ1v) is 7.06. The molecule has 0 saturated carbocycles. The Labute approximate surface area is 123 Å². The first-order chi connectivity index (χ1) is 9.88. The zero-order valence-electron chi connectivity index (χ0n) is 11.0. The summed E-state index contributed by atoms with van der Waals surface area (Å²) >= 11 is 5.73. The van der Waals surface area contributed by atoms with Gasteiger partial charge in [0.1, 0.15) is 0 Å². The van der Waals surface area contributed by atoms with Gasteiger partial charge in [-0.15, -0.1) is 0 Å². The number of alkyl halides is 1. The molecule has 1 aromatic heterocycles. The molecule has 0 aliphatic rings. The Kier molecular flexibility index (Phi) is 3.84. The molecule has 0 amide bonds. The third kappa shape index (κ3) is 2.61. The molecule has 0 atom stereocenters. The number of pyridine rings is 1. The summed E-state index contributed by atoms with van der Waals surface area (Å²) in [5.74, 6) is 0.780. The summed E-state index contributed by atoms with van der Waals surface area (Å²) in [5, 5.41) is 1.19. The molecule has 2 nitrogen and oxygen atoms in total. The van der Waals surface area contributed by atoms with Crippen molar-refractivity contribution in [2.75, 3.05) is 6.07 Å². The van der Waals surface area contributed by atoms with Crippen LogP contribution in [0.15, 0.2) is 66.7 Å². The van der Waals surface area contributed by atoms with Crippen LogP contribution in [0, 0.1) is 0 Å². The van der Waals surface area contributed by atoms with Crippen molar-refractivity contribution in [3.8, 4) is 5.88 Å². The van der Waals surface area contributed by atoms with E-state index in [1.807, 2.05) is 36.4 Å². The quantitative estimate of drug-likeness (QED) is 0.525. The number of benzene rings is 2. The smallest absolute Gasteiger partial charge is 0.369 e. The summed E-state index contributed by atoms with van der Waals surface area (Å²) in [5.41, 5.74) is 2.37. The first-order valence-electron chi connectivity index (χ1n) is 6.53. The van der Waals surface area contributed by atoms with Crippen LogP contribution in [0.2, 0.25) is 0 Å². The molecular formula is C17H15ClNO+. The fourth-order valence-corrected chi connectivity index (χ4v) is 2.47. The van der Waals surface area contributed by atoms with Crippen molar-refractivity contribution in [1.82, 2.24) is 0 Å². The summed E-state index contributed by atoms with van der Waals surface area (Å²) in [6, 6.07) is 22.8. The van der Waals surface area contributed by atoms with Crippen molar-refractivity contribution in [3.05, 3.63) is 72.3 Å². The fourth-order valence-electron chi connectivity index (χ4n) is 2.36. The van der Waals surface area contributed by atoms with Gasteiger partial charge in [-0.2, -0.15) is 4.57 Å². The minimum atomic E-state index is 0.146. The van der Waals surface area contributed by atoms with Gasteiger partial charge in [0.15, 0.2) is 12.6 Å². The predicted molar refractivity (Wildman–Crippen MR) is 81.0 cm³/mol.